The molecule has 3 rings (SSSR count). The number of hydrogen-bond acceptors (Lipinski definition) is 4. The van der Waals surface area contributed by atoms with Crippen LogP contribution >= 0.6 is 0 Å². The number of para-hydroxylation sites is 3. The molecule has 0 spiro atoms. The van der Waals surface area contributed by atoms with E-state index in [1.54, 1.807) is 31.2 Å². The van der Waals surface area contributed by atoms with Gasteiger partial charge in [0.1, 0.15) is 11.3 Å². The van der Waals surface area contributed by atoms with E-state index in [1.165, 1.54) is 0 Å². The highest BCUT2D eigenvalue weighted by Crippen LogP contribution is 2.28. The number of carbonyl (C=O) groups excluding carboxylic acids is 1. The third kappa shape index (κ3) is 3.67. The molecule has 5 heteroatoms. The molecule has 5 nitrogen and oxygen atoms in total. The lowest BCUT2D eigenvalue weighted by Gasteiger charge is -2.18. The number of carbonyl (C=O) groups is 1. The summed E-state index contributed by atoms with van der Waals surface area (Å²) < 4.78 is 16.8. The van der Waals surface area contributed by atoms with Gasteiger partial charge in [-0.25, -0.2) is 0 Å². The number of methoxy groups -OCH3 is 1. The molecule has 0 saturated carbocycles. The fraction of sp³-hybridized carbons (Fsp3) is 0.286. The highest BCUT2D eigenvalue weighted by atomic mass is 16.5. The molecule has 26 heavy (non-hydrogen) atoms. The lowest BCUT2D eigenvalue weighted by atomic mass is 10.1. The molecule has 0 atom stereocenters. The van der Waals surface area contributed by atoms with E-state index in [4.69, 9.17) is 13.9 Å². The zero-order valence-electron chi connectivity index (χ0n) is 15.3. The molecule has 0 radical (unpaired) electrons. The summed E-state index contributed by atoms with van der Waals surface area (Å²) in [5.41, 5.74) is 1.90. The number of hydrogen-bond donors (Lipinski definition) is 0. The molecule has 0 aliphatic heterocycles. The molecular weight excluding hydrogens is 330 g/mol. The molecule has 0 N–H and O–H groups in total. The first-order valence-electron chi connectivity index (χ1n) is 8.63. The molecule has 0 bridgehead atoms. The maximum Gasteiger partial charge on any atom is 0.260 e. The van der Waals surface area contributed by atoms with Crippen molar-refractivity contribution in [2.24, 2.45) is 0 Å². The number of ether oxygens (including phenoxy) is 2. The molecule has 1 amide bonds. The lowest BCUT2D eigenvalue weighted by Crippen LogP contribution is -2.31. The van der Waals surface area contributed by atoms with Crippen molar-refractivity contribution in [2.75, 3.05) is 20.8 Å². The summed E-state index contributed by atoms with van der Waals surface area (Å²) in [4.78, 5) is 14.2. The van der Waals surface area contributed by atoms with Crippen LogP contribution in [-0.2, 0) is 17.8 Å². The van der Waals surface area contributed by atoms with Gasteiger partial charge in [0.15, 0.2) is 18.1 Å². The zero-order valence-corrected chi connectivity index (χ0v) is 15.3. The summed E-state index contributed by atoms with van der Waals surface area (Å²) in [6, 6.07) is 15.2. The molecule has 1 aromatic heterocycles. The van der Waals surface area contributed by atoms with Crippen LogP contribution in [0.3, 0.4) is 0 Å². The van der Waals surface area contributed by atoms with E-state index in [0.717, 1.165) is 28.7 Å². The van der Waals surface area contributed by atoms with Gasteiger partial charge in [-0.3, -0.25) is 4.79 Å². The van der Waals surface area contributed by atoms with E-state index in [1.807, 2.05) is 43.3 Å². The first-order chi connectivity index (χ1) is 12.6. The Morgan fingerprint density at radius 2 is 1.77 bits per heavy atom. The van der Waals surface area contributed by atoms with Crippen molar-refractivity contribution in [3.63, 3.8) is 0 Å². The van der Waals surface area contributed by atoms with Crippen molar-refractivity contribution >= 4 is 16.9 Å². The monoisotopic (exact) mass is 353 g/mol. The smallest absolute Gasteiger partial charge is 0.260 e. The van der Waals surface area contributed by atoms with Crippen LogP contribution in [0.4, 0.5) is 0 Å². The minimum Gasteiger partial charge on any atom is -0.493 e. The average molecular weight is 353 g/mol. The Morgan fingerprint density at radius 3 is 2.50 bits per heavy atom. The van der Waals surface area contributed by atoms with Gasteiger partial charge < -0.3 is 18.8 Å². The summed E-state index contributed by atoms with van der Waals surface area (Å²) in [6.45, 7) is 2.48. The van der Waals surface area contributed by atoms with Crippen LogP contribution in [-0.4, -0.2) is 31.6 Å². The van der Waals surface area contributed by atoms with Gasteiger partial charge in [0, 0.05) is 31.0 Å². The van der Waals surface area contributed by atoms with Crippen LogP contribution in [0.25, 0.3) is 11.0 Å². The van der Waals surface area contributed by atoms with Crippen LogP contribution in [0.15, 0.2) is 52.9 Å². The Labute approximate surface area is 153 Å². The number of furan rings is 1. The average Bonchev–Trinajstić information content (AvgIpc) is 3.03. The number of rotatable bonds is 7. The molecule has 0 unspecified atom stereocenters. The Balaban J connectivity index is 1.70. The molecule has 136 valence electrons. The fourth-order valence-corrected chi connectivity index (χ4v) is 2.92. The van der Waals surface area contributed by atoms with Gasteiger partial charge in [-0.1, -0.05) is 37.3 Å². The van der Waals surface area contributed by atoms with Crippen molar-refractivity contribution in [2.45, 2.75) is 19.9 Å². The van der Waals surface area contributed by atoms with Crippen molar-refractivity contribution in [3.05, 3.63) is 59.9 Å². The molecule has 0 saturated heterocycles. The molecular formula is C21H23NO4. The second-order valence-electron chi connectivity index (χ2n) is 6.04. The van der Waals surface area contributed by atoms with E-state index in [9.17, 15) is 4.79 Å². The van der Waals surface area contributed by atoms with Gasteiger partial charge in [0.2, 0.25) is 0 Å². The normalized spacial score (nSPS) is 10.7. The van der Waals surface area contributed by atoms with E-state index in [-0.39, 0.29) is 12.5 Å². The first-order valence-corrected chi connectivity index (χ1v) is 8.63. The van der Waals surface area contributed by atoms with Gasteiger partial charge in [-0.05, 0) is 18.2 Å². The van der Waals surface area contributed by atoms with Crippen LogP contribution in [0, 0.1) is 0 Å². The predicted molar refractivity (Wildman–Crippen MR) is 101 cm³/mol. The third-order valence-corrected chi connectivity index (χ3v) is 4.34. The summed E-state index contributed by atoms with van der Waals surface area (Å²) >= 11 is 0. The molecule has 0 fully saturated rings. The van der Waals surface area contributed by atoms with Crippen molar-refractivity contribution in [1.82, 2.24) is 4.90 Å². The number of amides is 1. The van der Waals surface area contributed by atoms with Crippen molar-refractivity contribution < 1.29 is 18.7 Å². The van der Waals surface area contributed by atoms with Crippen LogP contribution < -0.4 is 9.47 Å². The Morgan fingerprint density at radius 1 is 1.08 bits per heavy atom. The molecule has 0 aliphatic carbocycles. The minimum atomic E-state index is -0.108. The topological polar surface area (TPSA) is 51.9 Å². The number of aryl methyl sites for hydroxylation is 1. The van der Waals surface area contributed by atoms with Gasteiger partial charge in [0.25, 0.3) is 5.91 Å². The van der Waals surface area contributed by atoms with Gasteiger partial charge >= 0.3 is 0 Å². The van der Waals surface area contributed by atoms with E-state index in [2.05, 4.69) is 0 Å². The quantitative estimate of drug-likeness (QED) is 0.643. The molecule has 1 heterocycles. The Kier molecular flexibility index (Phi) is 5.46. The van der Waals surface area contributed by atoms with Gasteiger partial charge in [0.05, 0.1) is 7.11 Å². The van der Waals surface area contributed by atoms with Crippen LogP contribution in [0.1, 0.15) is 18.2 Å². The summed E-state index contributed by atoms with van der Waals surface area (Å²) in [7, 11) is 3.35. The van der Waals surface area contributed by atoms with E-state index in [0.29, 0.717) is 18.0 Å². The highest BCUT2D eigenvalue weighted by molar-refractivity contribution is 5.83. The zero-order chi connectivity index (χ0) is 18.5. The molecule has 2 aromatic carbocycles. The Bertz CT molecular complexity index is 900. The molecule has 3 aromatic rings. The third-order valence-electron chi connectivity index (χ3n) is 4.34. The lowest BCUT2D eigenvalue weighted by molar-refractivity contribution is -0.132. The van der Waals surface area contributed by atoms with Gasteiger partial charge in [-0.2, -0.15) is 0 Å². The van der Waals surface area contributed by atoms with Crippen LogP contribution in [0.5, 0.6) is 11.5 Å². The summed E-state index contributed by atoms with van der Waals surface area (Å²) in [6.07, 6.45) is 0.782. The van der Waals surface area contributed by atoms with Gasteiger partial charge in [-0.15, -0.1) is 0 Å². The summed E-state index contributed by atoms with van der Waals surface area (Å²) in [5, 5.41) is 1.05. The minimum absolute atomic E-state index is 0.0475. The van der Waals surface area contributed by atoms with Crippen molar-refractivity contribution in [1.29, 1.82) is 0 Å². The maximum absolute atomic E-state index is 12.5. The SMILES string of the molecule is CCc1oc2ccccc2c1CN(C)C(=O)COc1ccccc1OC. The predicted octanol–water partition coefficient (Wildman–Crippen LogP) is 4.04. The Hall–Kier alpha value is -2.95. The largest absolute Gasteiger partial charge is 0.493 e. The second-order valence-corrected chi connectivity index (χ2v) is 6.04. The number of fused-ring (bicyclic) bond motifs is 1. The second kappa shape index (κ2) is 7.95. The first kappa shape index (κ1) is 17.9. The summed E-state index contributed by atoms with van der Waals surface area (Å²) in [5.74, 6) is 1.97. The molecule has 0 aliphatic rings. The van der Waals surface area contributed by atoms with Crippen molar-refractivity contribution in [3.8, 4) is 11.5 Å². The number of nitrogens with zero attached hydrogens (tertiary/aromatic N) is 1. The van der Waals surface area contributed by atoms with E-state index < -0.39 is 0 Å². The fourth-order valence-electron chi connectivity index (χ4n) is 2.92. The highest BCUT2D eigenvalue weighted by Gasteiger charge is 2.18. The number of benzene rings is 2. The number of likely N-dealkylation sites (N-methyl/N-ethyl adjacent to an activating group) is 1. The maximum atomic E-state index is 12.5. The standard InChI is InChI=1S/C21H23NO4/c1-4-17-16(15-9-5-6-10-18(15)26-17)13-22(2)21(23)14-25-20-12-8-7-11-19(20)24-3/h5-12H,4,13-14H2,1-3H3. The van der Waals surface area contributed by atoms with E-state index >= 15 is 0 Å². The van der Waals surface area contributed by atoms with Crippen LogP contribution in [0.2, 0.25) is 0 Å².